The minimum Gasteiger partial charge on any atom is -0.486 e. The molecule has 0 spiro atoms. The monoisotopic (exact) mass is 461 g/mol. The number of hydrogen-bond donors (Lipinski definition) is 0. The molecule has 1 saturated heterocycles. The van der Waals surface area contributed by atoms with Gasteiger partial charge in [0.1, 0.15) is 18.0 Å². The van der Waals surface area contributed by atoms with Crippen molar-refractivity contribution in [3.05, 3.63) is 58.3 Å². The molecule has 1 aromatic carbocycles. The first-order chi connectivity index (χ1) is 16.1. The number of ether oxygens (including phenoxy) is 2. The average molecular weight is 462 g/mol. The van der Waals surface area contributed by atoms with Crippen molar-refractivity contribution in [2.45, 2.75) is 32.7 Å². The van der Waals surface area contributed by atoms with Crippen molar-refractivity contribution < 1.29 is 18.7 Å². The van der Waals surface area contributed by atoms with Gasteiger partial charge in [0, 0.05) is 11.9 Å². The molecule has 1 unspecified atom stereocenters. The zero-order valence-corrected chi connectivity index (χ0v) is 19.3. The summed E-state index contributed by atoms with van der Waals surface area (Å²) in [5, 5.41) is 0.953. The Morgan fingerprint density at radius 2 is 1.97 bits per heavy atom. The molecule has 1 atom stereocenters. The normalized spacial score (nSPS) is 17.6. The maximum Gasteiger partial charge on any atom is 0.264 e. The zero-order chi connectivity index (χ0) is 22.5. The molecular formula is C25H23N3O4S. The Morgan fingerprint density at radius 1 is 1.12 bits per heavy atom. The van der Waals surface area contributed by atoms with Gasteiger partial charge in [-0.05, 0) is 62.1 Å². The van der Waals surface area contributed by atoms with E-state index in [0.29, 0.717) is 24.8 Å². The molecular weight excluding hydrogens is 438 g/mol. The van der Waals surface area contributed by atoms with Gasteiger partial charge >= 0.3 is 0 Å². The van der Waals surface area contributed by atoms with E-state index in [2.05, 4.69) is 4.98 Å². The number of carbonyl (C=O) groups excluding carboxylic acids is 1. The molecule has 0 aliphatic carbocycles. The van der Waals surface area contributed by atoms with E-state index in [1.807, 2.05) is 49.1 Å². The topological polar surface area (TPSA) is 77.7 Å². The Kier molecular flexibility index (Phi) is 4.83. The zero-order valence-electron chi connectivity index (χ0n) is 18.5. The van der Waals surface area contributed by atoms with Gasteiger partial charge in [-0.2, -0.15) is 0 Å². The van der Waals surface area contributed by atoms with Gasteiger partial charge in [-0.3, -0.25) is 4.79 Å². The summed E-state index contributed by atoms with van der Waals surface area (Å²) in [6.07, 6.45) is 3.51. The van der Waals surface area contributed by atoms with Crippen LogP contribution in [0.15, 0.2) is 41.0 Å². The fourth-order valence-electron chi connectivity index (χ4n) is 4.81. The predicted octanol–water partition coefficient (Wildman–Crippen LogP) is 5.32. The van der Waals surface area contributed by atoms with Gasteiger partial charge in [0.2, 0.25) is 0 Å². The summed E-state index contributed by atoms with van der Waals surface area (Å²) in [5.74, 6) is 2.74. The van der Waals surface area contributed by atoms with Gasteiger partial charge < -0.3 is 18.8 Å². The second-order valence-electron chi connectivity index (χ2n) is 8.41. The van der Waals surface area contributed by atoms with Crippen LogP contribution in [-0.2, 0) is 0 Å². The number of rotatable bonds is 3. The highest BCUT2D eigenvalue weighted by atomic mass is 32.1. The van der Waals surface area contributed by atoms with Crippen LogP contribution in [0, 0.1) is 13.8 Å². The number of benzene rings is 1. The van der Waals surface area contributed by atoms with Gasteiger partial charge in [0.05, 0.1) is 22.9 Å². The number of likely N-dealkylation sites (tertiary alicyclic amines) is 1. The highest BCUT2D eigenvalue weighted by molar-refractivity contribution is 7.20. The number of carbonyl (C=O) groups is 1. The van der Waals surface area contributed by atoms with Crippen molar-refractivity contribution in [3.8, 4) is 23.1 Å². The van der Waals surface area contributed by atoms with Gasteiger partial charge in [0.25, 0.3) is 5.91 Å². The highest BCUT2D eigenvalue weighted by Gasteiger charge is 2.33. The fraction of sp³-hybridized carbons (Fsp3) is 0.320. The van der Waals surface area contributed by atoms with E-state index in [4.69, 9.17) is 18.9 Å². The van der Waals surface area contributed by atoms with E-state index < -0.39 is 0 Å². The molecule has 8 heteroatoms. The van der Waals surface area contributed by atoms with Gasteiger partial charge in [-0.15, -0.1) is 11.3 Å². The molecule has 1 amide bonds. The van der Waals surface area contributed by atoms with E-state index >= 15 is 0 Å². The van der Waals surface area contributed by atoms with E-state index in [0.717, 1.165) is 62.8 Å². The van der Waals surface area contributed by atoms with Crippen molar-refractivity contribution in [3.63, 3.8) is 0 Å². The number of hydrogen-bond acceptors (Lipinski definition) is 7. The minimum atomic E-state index is 0.0174. The number of amides is 1. The Balaban J connectivity index is 1.36. The van der Waals surface area contributed by atoms with E-state index in [9.17, 15) is 4.79 Å². The first kappa shape index (κ1) is 20.2. The molecule has 5 heterocycles. The third-order valence-electron chi connectivity index (χ3n) is 6.37. The lowest BCUT2D eigenvalue weighted by Crippen LogP contribution is -2.30. The molecule has 168 valence electrons. The molecule has 0 bridgehead atoms. The summed E-state index contributed by atoms with van der Waals surface area (Å²) >= 11 is 1.44. The first-order valence-corrected chi connectivity index (χ1v) is 11.9. The summed E-state index contributed by atoms with van der Waals surface area (Å²) in [6.45, 7) is 5.79. The number of fused-ring (bicyclic) bond motifs is 2. The van der Waals surface area contributed by atoms with Gasteiger partial charge in [0.15, 0.2) is 23.1 Å². The molecule has 1 fully saturated rings. The van der Waals surface area contributed by atoms with Crippen LogP contribution in [0.2, 0.25) is 0 Å². The third kappa shape index (κ3) is 3.36. The average Bonchev–Trinajstić information content (AvgIpc) is 3.58. The number of aryl methyl sites for hydroxylation is 2. The summed E-state index contributed by atoms with van der Waals surface area (Å²) in [4.78, 5) is 26.6. The second kappa shape index (κ2) is 7.88. The third-order valence-corrected chi connectivity index (χ3v) is 7.55. The number of furan rings is 1. The highest BCUT2D eigenvalue weighted by Crippen LogP contribution is 2.40. The Labute approximate surface area is 195 Å². The van der Waals surface area contributed by atoms with Crippen LogP contribution in [0.5, 0.6) is 11.5 Å². The molecule has 0 saturated carbocycles. The van der Waals surface area contributed by atoms with E-state index in [1.54, 1.807) is 6.26 Å². The molecule has 0 radical (unpaired) electrons. The SMILES string of the molecule is Cc1nc(-c2ccco2)nc2sc(C(=O)N3CCCC3c3ccc4c(c3)OCCO4)c(C)c12. The lowest BCUT2D eigenvalue weighted by atomic mass is 10.0. The Hall–Kier alpha value is -3.39. The van der Waals surface area contributed by atoms with Crippen LogP contribution in [0.25, 0.3) is 21.8 Å². The quantitative estimate of drug-likeness (QED) is 0.411. The van der Waals surface area contributed by atoms with Crippen molar-refractivity contribution in [2.24, 2.45) is 0 Å². The Bertz CT molecular complexity index is 1360. The molecule has 7 nitrogen and oxygen atoms in total. The van der Waals surface area contributed by atoms with Crippen molar-refractivity contribution >= 4 is 27.5 Å². The second-order valence-corrected chi connectivity index (χ2v) is 9.41. The maximum atomic E-state index is 13.7. The van der Waals surface area contributed by atoms with Crippen LogP contribution >= 0.6 is 11.3 Å². The first-order valence-electron chi connectivity index (χ1n) is 11.1. The molecule has 0 N–H and O–H groups in total. The lowest BCUT2D eigenvalue weighted by Gasteiger charge is -2.26. The van der Waals surface area contributed by atoms with Crippen molar-refractivity contribution in [1.82, 2.24) is 14.9 Å². The minimum absolute atomic E-state index is 0.0174. The molecule has 33 heavy (non-hydrogen) atoms. The number of aromatic nitrogens is 2. The Morgan fingerprint density at radius 3 is 2.79 bits per heavy atom. The molecule has 2 aliphatic heterocycles. The van der Waals surface area contributed by atoms with Gasteiger partial charge in [-0.25, -0.2) is 9.97 Å². The summed E-state index contributed by atoms with van der Waals surface area (Å²) in [5.41, 5.74) is 2.88. The smallest absolute Gasteiger partial charge is 0.264 e. The molecule has 2 aliphatic rings. The maximum absolute atomic E-state index is 13.7. The fourth-order valence-corrected chi connectivity index (χ4v) is 6.00. The van der Waals surface area contributed by atoms with Crippen LogP contribution < -0.4 is 9.47 Å². The van der Waals surface area contributed by atoms with Crippen LogP contribution in [0.1, 0.15) is 45.4 Å². The molecule has 3 aromatic heterocycles. The van der Waals surface area contributed by atoms with Crippen LogP contribution in [0.3, 0.4) is 0 Å². The van der Waals surface area contributed by atoms with Crippen molar-refractivity contribution in [1.29, 1.82) is 0 Å². The molecule has 4 aromatic rings. The van der Waals surface area contributed by atoms with E-state index in [1.165, 1.54) is 11.3 Å². The molecule has 6 rings (SSSR count). The largest absolute Gasteiger partial charge is 0.486 e. The lowest BCUT2D eigenvalue weighted by molar-refractivity contribution is 0.0739. The van der Waals surface area contributed by atoms with Crippen LogP contribution in [-0.4, -0.2) is 40.5 Å². The van der Waals surface area contributed by atoms with Crippen LogP contribution in [0.4, 0.5) is 0 Å². The summed E-state index contributed by atoms with van der Waals surface area (Å²) in [7, 11) is 0. The van der Waals surface area contributed by atoms with Crippen molar-refractivity contribution in [2.75, 3.05) is 19.8 Å². The number of nitrogens with zero attached hydrogens (tertiary/aromatic N) is 3. The summed E-state index contributed by atoms with van der Waals surface area (Å²) in [6, 6.07) is 9.70. The van der Waals surface area contributed by atoms with Gasteiger partial charge in [-0.1, -0.05) is 6.07 Å². The predicted molar refractivity (Wildman–Crippen MR) is 125 cm³/mol. The number of thiophene rings is 1. The standard InChI is InChI=1S/C25H23N3O4S/c1-14-21-15(2)26-23(19-6-4-10-30-19)27-24(21)33-22(14)25(29)28-9-3-5-17(28)16-7-8-18-20(13-16)32-12-11-31-18/h4,6-8,10,13,17H,3,5,9,11-12H2,1-2H3. The van der Waals surface area contributed by atoms with E-state index in [-0.39, 0.29) is 11.9 Å². The summed E-state index contributed by atoms with van der Waals surface area (Å²) < 4.78 is 16.9.